The summed E-state index contributed by atoms with van der Waals surface area (Å²) in [6.07, 6.45) is 5.63. The largest absolute Gasteiger partial charge is 0.370 e. The van der Waals surface area contributed by atoms with Crippen molar-refractivity contribution in [3.05, 3.63) is 87.4 Å². The Balaban J connectivity index is 1.29. The molecule has 4 aromatic rings. The van der Waals surface area contributed by atoms with E-state index in [9.17, 15) is 5.11 Å². The lowest BCUT2D eigenvalue weighted by Crippen LogP contribution is -2.41. The lowest BCUT2D eigenvalue weighted by atomic mass is 10.0. The number of H-pyrrole nitrogens is 1. The van der Waals surface area contributed by atoms with Crippen LogP contribution in [0.1, 0.15) is 43.1 Å². The van der Waals surface area contributed by atoms with Crippen LogP contribution in [0.25, 0.3) is 17.5 Å². The first-order valence-electron chi connectivity index (χ1n) is 14.8. The molecule has 0 aliphatic carbocycles. The van der Waals surface area contributed by atoms with E-state index in [1.165, 1.54) is 6.39 Å². The maximum atomic E-state index is 15.1. The second-order valence-corrected chi connectivity index (χ2v) is 11.6. The summed E-state index contributed by atoms with van der Waals surface area (Å²) in [6.45, 7) is 3.00. The SMILES string of the molecule is C[C@H](N)CCCc1cc(Cl)c(F)c(-c2cc3c([nH]2)=NC(O)N(c2ccc(CN[C@H](CCN=C(N)N)Cc4ncon4)cc2)C=3)c1. The highest BCUT2D eigenvalue weighted by Crippen LogP contribution is 2.29. The Morgan fingerprint density at radius 2 is 2.00 bits per heavy atom. The third-order valence-electron chi connectivity index (χ3n) is 7.54. The number of aliphatic hydroxyl groups is 1. The number of aliphatic hydroxyl groups excluding tert-OH is 1. The van der Waals surface area contributed by atoms with E-state index in [2.05, 4.69) is 30.4 Å². The van der Waals surface area contributed by atoms with Gasteiger partial charge in [0.05, 0.1) is 10.7 Å². The summed E-state index contributed by atoms with van der Waals surface area (Å²) in [4.78, 5) is 17.4. The van der Waals surface area contributed by atoms with Crippen molar-refractivity contribution in [2.75, 3.05) is 11.4 Å². The van der Waals surface area contributed by atoms with E-state index < -0.39 is 12.2 Å². The van der Waals surface area contributed by atoms with Gasteiger partial charge in [0.25, 0.3) is 0 Å². The zero-order valence-corrected chi connectivity index (χ0v) is 25.7. The first kappa shape index (κ1) is 32.1. The second-order valence-electron chi connectivity index (χ2n) is 11.2. The van der Waals surface area contributed by atoms with E-state index in [0.717, 1.165) is 36.1 Å². The van der Waals surface area contributed by atoms with Gasteiger partial charge in [0, 0.05) is 54.3 Å². The lowest BCUT2D eigenvalue weighted by Gasteiger charge is -2.25. The molecule has 0 saturated carbocycles. The lowest BCUT2D eigenvalue weighted by molar-refractivity contribution is 0.186. The summed E-state index contributed by atoms with van der Waals surface area (Å²) in [6, 6.07) is 13.1. The van der Waals surface area contributed by atoms with Crippen LogP contribution in [0.3, 0.4) is 0 Å². The number of hydrogen-bond acceptors (Lipinski definition) is 9. The fourth-order valence-corrected chi connectivity index (χ4v) is 5.44. The Bertz CT molecular complexity index is 1720. The van der Waals surface area contributed by atoms with Gasteiger partial charge in [-0.15, -0.1) is 0 Å². The topological polar surface area (TPSA) is 193 Å². The molecule has 0 radical (unpaired) electrons. The highest BCUT2D eigenvalue weighted by atomic mass is 35.5. The van der Waals surface area contributed by atoms with E-state index >= 15 is 4.39 Å². The quantitative estimate of drug-likeness (QED) is 0.0887. The van der Waals surface area contributed by atoms with Gasteiger partial charge in [0.15, 0.2) is 17.6 Å². The summed E-state index contributed by atoms with van der Waals surface area (Å²) < 4.78 is 20.0. The molecule has 1 aliphatic rings. The van der Waals surface area contributed by atoms with Crippen LogP contribution in [-0.4, -0.2) is 51.2 Å². The number of aromatic amines is 1. The van der Waals surface area contributed by atoms with Gasteiger partial charge in [-0.2, -0.15) is 4.98 Å². The summed E-state index contributed by atoms with van der Waals surface area (Å²) in [7, 11) is 0. The number of nitrogens with zero attached hydrogens (tertiary/aromatic N) is 5. The molecular formula is C31H38ClFN10O2. The number of halogens is 2. The standard InChI is InChI=1S/C31H38ClFN10O2/c1-18(34)3-2-4-20-11-24(28(33)25(32)12-20)26-13-21-16-43(31(44)41-29(21)40-26)23-7-5-19(6-8-23)15-38-22(9-10-37-30(35)36)14-27-39-17-45-42-27/h5-8,11-13,16-18,22,31,38,44H,2-4,9-10,14-15,34H2,1H3,(H,40,41)(H4,35,36,37)/t18-,22+,31?/m0/s1. The van der Waals surface area contributed by atoms with Gasteiger partial charge >= 0.3 is 0 Å². The highest BCUT2D eigenvalue weighted by Gasteiger charge is 2.20. The number of rotatable bonds is 14. The average Bonchev–Trinajstić information content (AvgIpc) is 3.66. The number of aliphatic imine (C=N–C) groups is 1. The number of nitrogens with one attached hydrogen (secondary N) is 2. The molecular weight excluding hydrogens is 599 g/mol. The van der Waals surface area contributed by atoms with Crippen molar-refractivity contribution in [1.82, 2.24) is 20.4 Å². The molecule has 3 atom stereocenters. The molecule has 14 heteroatoms. The molecule has 5 rings (SSSR count). The van der Waals surface area contributed by atoms with Crippen molar-refractivity contribution in [1.29, 1.82) is 0 Å². The monoisotopic (exact) mass is 636 g/mol. The summed E-state index contributed by atoms with van der Waals surface area (Å²) in [5.41, 5.74) is 20.9. The predicted molar refractivity (Wildman–Crippen MR) is 172 cm³/mol. The van der Waals surface area contributed by atoms with Crippen LogP contribution in [0.15, 0.2) is 63.4 Å². The summed E-state index contributed by atoms with van der Waals surface area (Å²) in [5.74, 6) is 0.127. The zero-order valence-electron chi connectivity index (χ0n) is 25.0. The Morgan fingerprint density at radius 1 is 1.20 bits per heavy atom. The Labute approximate surface area is 264 Å². The summed E-state index contributed by atoms with van der Waals surface area (Å²) in [5, 5.41) is 19.0. The van der Waals surface area contributed by atoms with Gasteiger partial charge in [0.1, 0.15) is 5.49 Å². The fourth-order valence-electron chi connectivity index (χ4n) is 5.20. The number of hydrogen-bond donors (Lipinski definition) is 6. The minimum Gasteiger partial charge on any atom is -0.370 e. The van der Waals surface area contributed by atoms with Crippen molar-refractivity contribution in [2.24, 2.45) is 27.2 Å². The molecule has 0 spiro atoms. The second kappa shape index (κ2) is 14.7. The number of fused-ring (bicyclic) bond motifs is 1. The van der Waals surface area contributed by atoms with Gasteiger partial charge in [-0.05, 0) is 74.1 Å². The minimum absolute atomic E-state index is 0.0117. The number of aromatic nitrogens is 3. The summed E-state index contributed by atoms with van der Waals surface area (Å²) >= 11 is 6.26. The molecule has 2 aromatic heterocycles. The normalized spacial score (nSPS) is 15.6. The third kappa shape index (κ3) is 8.45. The van der Waals surface area contributed by atoms with Gasteiger partial charge in [-0.3, -0.25) is 4.99 Å². The van der Waals surface area contributed by atoms with Crippen molar-refractivity contribution in [2.45, 2.75) is 64.0 Å². The number of benzene rings is 2. The number of nitrogens with two attached hydrogens (primary N) is 3. The molecule has 12 nitrogen and oxygen atoms in total. The number of anilines is 1. The smallest absolute Gasteiger partial charge is 0.231 e. The maximum Gasteiger partial charge on any atom is 0.231 e. The van der Waals surface area contributed by atoms with Crippen LogP contribution in [-0.2, 0) is 19.4 Å². The molecule has 0 bridgehead atoms. The Hall–Kier alpha value is -4.30. The Morgan fingerprint density at radius 3 is 2.71 bits per heavy atom. The highest BCUT2D eigenvalue weighted by molar-refractivity contribution is 6.31. The number of aryl methyl sites for hydroxylation is 1. The van der Waals surface area contributed by atoms with Crippen LogP contribution in [0, 0.1) is 5.82 Å². The Kier molecular flexibility index (Phi) is 10.5. The average molecular weight is 637 g/mol. The van der Waals surface area contributed by atoms with Crippen molar-refractivity contribution in [3.63, 3.8) is 0 Å². The van der Waals surface area contributed by atoms with Crippen LogP contribution >= 0.6 is 11.6 Å². The molecule has 0 amide bonds. The van der Waals surface area contributed by atoms with Crippen molar-refractivity contribution < 1.29 is 14.0 Å². The van der Waals surface area contributed by atoms with Gasteiger partial charge in [-0.1, -0.05) is 28.9 Å². The van der Waals surface area contributed by atoms with Crippen LogP contribution in [0.2, 0.25) is 5.02 Å². The van der Waals surface area contributed by atoms with E-state index in [4.69, 9.17) is 33.3 Å². The van der Waals surface area contributed by atoms with E-state index in [1.807, 2.05) is 37.3 Å². The van der Waals surface area contributed by atoms with E-state index in [0.29, 0.717) is 53.7 Å². The van der Waals surface area contributed by atoms with Crippen molar-refractivity contribution >= 4 is 29.4 Å². The third-order valence-corrected chi connectivity index (χ3v) is 7.81. The minimum atomic E-state index is -1.17. The van der Waals surface area contributed by atoms with Crippen LogP contribution in [0.4, 0.5) is 10.1 Å². The van der Waals surface area contributed by atoms with Gasteiger partial charge < -0.3 is 42.0 Å². The molecule has 2 aromatic carbocycles. The zero-order chi connectivity index (χ0) is 31.9. The first-order chi connectivity index (χ1) is 21.7. The fraction of sp³-hybridized carbons (Fsp3) is 0.355. The van der Waals surface area contributed by atoms with Gasteiger partial charge in [0.2, 0.25) is 12.7 Å². The molecule has 3 heterocycles. The molecule has 238 valence electrons. The van der Waals surface area contributed by atoms with Gasteiger partial charge in [-0.25, -0.2) is 9.38 Å². The maximum absolute atomic E-state index is 15.1. The molecule has 9 N–H and O–H groups in total. The van der Waals surface area contributed by atoms with E-state index in [1.54, 1.807) is 23.2 Å². The van der Waals surface area contributed by atoms with Crippen LogP contribution in [0.5, 0.6) is 0 Å². The van der Waals surface area contributed by atoms with Crippen LogP contribution < -0.4 is 38.1 Å². The van der Waals surface area contributed by atoms with E-state index in [-0.39, 0.29) is 23.1 Å². The first-order valence-corrected chi connectivity index (χ1v) is 15.2. The number of guanidine groups is 1. The molecule has 1 unspecified atom stereocenters. The molecule has 0 fully saturated rings. The molecule has 45 heavy (non-hydrogen) atoms. The molecule has 0 saturated heterocycles. The predicted octanol–water partition coefficient (Wildman–Crippen LogP) is 2.05. The molecule has 1 aliphatic heterocycles. The van der Waals surface area contributed by atoms with Crippen molar-refractivity contribution in [3.8, 4) is 11.3 Å².